The van der Waals surface area contributed by atoms with E-state index in [4.69, 9.17) is 4.74 Å². The monoisotopic (exact) mass is 431 g/mol. The van der Waals surface area contributed by atoms with Crippen LogP contribution in [0.1, 0.15) is 40.2 Å². The number of nitro benzene ring substituents is 1. The number of hydrogen-bond donors (Lipinski definition) is 0. The van der Waals surface area contributed by atoms with Crippen LogP contribution in [0.2, 0.25) is 0 Å². The number of piperazine rings is 1. The zero-order valence-corrected chi connectivity index (χ0v) is 19.3. The highest BCUT2D eigenvalue weighted by Gasteiger charge is 2.31. The van der Waals surface area contributed by atoms with Gasteiger partial charge in [-0.1, -0.05) is 12.1 Å². The molecule has 1 aliphatic rings. The Morgan fingerprint density at radius 1 is 1.21 bits per heavy atom. The topological polar surface area (TPSA) is 75.9 Å². The van der Waals surface area contributed by atoms with Crippen LogP contribution in [0.25, 0.3) is 0 Å². The van der Waals surface area contributed by atoms with Crippen molar-refractivity contribution in [3.8, 4) is 0 Å². The van der Waals surface area contributed by atoms with Crippen LogP contribution < -0.4 is 0 Å². The molecule has 28 heavy (non-hydrogen) atoms. The molecule has 1 aromatic carbocycles. The fourth-order valence-electron chi connectivity index (χ4n) is 3.44. The third kappa shape index (κ3) is 7.98. The highest BCUT2D eigenvalue weighted by Crippen LogP contribution is 2.21. The Morgan fingerprint density at radius 2 is 1.79 bits per heavy atom. The summed E-state index contributed by atoms with van der Waals surface area (Å²) in [6.45, 7) is 12.3. The summed E-state index contributed by atoms with van der Waals surface area (Å²) in [6.07, 6.45) is 0. The van der Waals surface area contributed by atoms with Gasteiger partial charge in [0.2, 0.25) is 0 Å². The summed E-state index contributed by atoms with van der Waals surface area (Å²) in [5, 5.41) is 11.0. The van der Waals surface area contributed by atoms with Crippen molar-refractivity contribution in [1.82, 2.24) is 9.80 Å². The van der Waals surface area contributed by atoms with Gasteiger partial charge in [0.25, 0.3) is 5.69 Å². The van der Waals surface area contributed by atoms with E-state index < -0.39 is 5.60 Å². The molecule has 2 atom stereocenters. The van der Waals surface area contributed by atoms with Crippen LogP contribution in [0.4, 0.5) is 5.69 Å². The molecule has 9 heteroatoms. The minimum absolute atomic E-state index is 0. The average Bonchev–Trinajstić information content (AvgIpc) is 2.49. The van der Waals surface area contributed by atoms with Crippen LogP contribution in [0.15, 0.2) is 24.3 Å². The minimum Gasteiger partial charge on any atom is -0.459 e. The predicted molar refractivity (Wildman–Crippen MR) is 121 cm³/mol. The zero-order valence-electron chi connectivity index (χ0n) is 17.3. The van der Waals surface area contributed by atoms with Gasteiger partial charge in [0, 0.05) is 43.9 Å². The molecule has 0 saturated carbocycles. The zero-order chi connectivity index (χ0) is 19.5. The standard InChI is InChI=1S/C19H29N3O4.2H2S/c1-14-10-20(13-18(23)26-19(3,4)5)11-15(2)21(14)12-16-7-6-8-17(9-16)22(24)25;;/h6-9,14-15H,10-13H2,1-5H3;2*1H2. The van der Waals surface area contributed by atoms with Gasteiger partial charge in [0.05, 0.1) is 11.5 Å². The van der Waals surface area contributed by atoms with Crippen molar-refractivity contribution in [3.63, 3.8) is 0 Å². The lowest BCUT2D eigenvalue weighted by atomic mass is 10.1. The molecule has 1 aromatic rings. The normalized spacial score (nSPS) is 20.6. The van der Waals surface area contributed by atoms with Gasteiger partial charge in [-0.25, -0.2) is 0 Å². The number of nitrogens with zero attached hydrogens (tertiary/aromatic N) is 3. The van der Waals surface area contributed by atoms with Crippen molar-refractivity contribution in [2.24, 2.45) is 0 Å². The second kappa shape index (κ2) is 11.0. The Balaban J connectivity index is 0.00000364. The fraction of sp³-hybridized carbons (Fsp3) is 0.632. The van der Waals surface area contributed by atoms with Crippen molar-refractivity contribution < 1.29 is 14.5 Å². The van der Waals surface area contributed by atoms with Crippen molar-refractivity contribution in [2.75, 3.05) is 19.6 Å². The molecule has 0 aliphatic carbocycles. The summed E-state index contributed by atoms with van der Waals surface area (Å²) in [4.78, 5) is 27.1. The molecule has 0 amide bonds. The minimum atomic E-state index is -0.474. The molecule has 1 heterocycles. The van der Waals surface area contributed by atoms with E-state index in [-0.39, 0.29) is 62.2 Å². The number of esters is 1. The largest absolute Gasteiger partial charge is 0.459 e. The van der Waals surface area contributed by atoms with Gasteiger partial charge < -0.3 is 4.74 Å². The molecule has 160 valence electrons. The van der Waals surface area contributed by atoms with E-state index in [2.05, 4.69) is 23.6 Å². The Kier molecular flexibility index (Phi) is 10.5. The van der Waals surface area contributed by atoms with E-state index in [0.29, 0.717) is 6.54 Å². The summed E-state index contributed by atoms with van der Waals surface area (Å²) in [7, 11) is 0. The van der Waals surface area contributed by atoms with Gasteiger partial charge in [-0.15, -0.1) is 0 Å². The molecule has 0 aromatic heterocycles. The van der Waals surface area contributed by atoms with Gasteiger partial charge in [-0.2, -0.15) is 27.0 Å². The number of hydrogen-bond acceptors (Lipinski definition) is 6. The molecule has 0 radical (unpaired) electrons. The van der Waals surface area contributed by atoms with Crippen LogP contribution in [-0.4, -0.2) is 58.0 Å². The van der Waals surface area contributed by atoms with Gasteiger partial charge >= 0.3 is 5.97 Å². The molecular formula is C19H33N3O4S2. The number of rotatable bonds is 5. The number of carbonyl (C=O) groups excluding carboxylic acids is 1. The maximum atomic E-state index is 12.1. The third-order valence-corrected chi connectivity index (χ3v) is 4.44. The Morgan fingerprint density at radius 3 is 2.29 bits per heavy atom. The van der Waals surface area contributed by atoms with Gasteiger partial charge in [-0.3, -0.25) is 24.7 Å². The first-order valence-corrected chi connectivity index (χ1v) is 8.98. The van der Waals surface area contributed by atoms with Crippen LogP contribution in [0.3, 0.4) is 0 Å². The van der Waals surface area contributed by atoms with Crippen molar-refractivity contribution in [3.05, 3.63) is 39.9 Å². The van der Waals surface area contributed by atoms with Crippen LogP contribution in [0.5, 0.6) is 0 Å². The molecule has 1 saturated heterocycles. The van der Waals surface area contributed by atoms with E-state index in [9.17, 15) is 14.9 Å². The van der Waals surface area contributed by atoms with E-state index >= 15 is 0 Å². The average molecular weight is 432 g/mol. The second-order valence-electron chi connectivity index (χ2n) is 8.08. The highest BCUT2D eigenvalue weighted by molar-refractivity contribution is 7.59. The number of nitro groups is 1. The fourth-order valence-corrected chi connectivity index (χ4v) is 3.44. The van der Waals surface area contributed by atoms with Crippen molar-refractivity contribution in [1.29, 1.82) is 0 Å². The first kappa shape index (κ1) is 26.7. The molecule has 0 spiro atoms. The van der Waals surface area contributed by atoms with Crippen LogP contribution in [-0.2, 0) is 16.1 Å². The molecule has 0 bridgehead atoms. The van der Waals surface area contributed by atoms with E-state index in [1.165, 1.54) is 6.07 Å². The summed E-state index contributed by atoms with van der Waals surface area (Å²) in [5.74, 6) is -0.205. The Bertz CT molecular complexity index is 655. The number of carbonyl (C=O) groups is 1. The third-order valence-electron chi connectivity index (χ3n) is 4.44. The first-order valence-electron chi connectivity index (χ1n) is 8.98. The molecule has 1 aliphatic heterocycles. The molecule has 0 N–H and O–H groups in total. The lowest BCUT2D eigenvalue weighted by molar-refractivity contribution is -0.384. The molecular weight excluding hydrogens is 398 g/mol. The maximum absolute atomic E-state index is 12.1. The quantitative estimate of drug-likeness (QED) is 0.405. The number of ether oxygens (including phenoxy) is 1. The van der Waals surface area contributed by atoms with Crippen LogP contribution in [0, 0.1) is 10.1 Å². The second-order valence-corrected chi connectivity index (χ2v) is 8.08. The van der Waals surface area contributed by atoms with Gasteiger partial charge in [0.1, 0.15) is 5.60 Å². The smallest absolute Gasteiger partial charge is 0.320 e. The number of benzene rings is 1. The molecule has 2 rings (SSSR count). The summed E-state index contributed by atoms with van der Waals surface area (Å²) < 4.78 is 5.41. The lowest BCUT2D eigenvalue weighted by Gasteiger charge is -2.44. The Hall–Kier alpha value is -1.29. The lowest BCUT2D eigenvalue weighted by Crippen LogP contribution is -2.57. The summed E-state index contributed by atoms with van der Waals surface area (Å²) >= 11 is 0. The molecule has 2 unspecified atom stereocenters. The highest BCUT2D eigenvalue weighted by atomic mass is 32.1. The Labute approximate surface area is 181 Å². The maximum Gasteiger partial charge on any atom is 0.320 e. The summed E-state index contributed by atoms with van der Waals surface area (Å²) in [5.41, 5.74) is 0.572. The summed E-state index contributed by atoms with van der Waals surface area (Å²) in [6, 6.07) is 7.25. The van der Waals surface area contributed by atoms with Gasteiger partial charge in [-0.05, 0) is 40.2 Å². The van der Waals surface area contributed by atoms with Crippen molar-refractivity contribution >= 4 is 38.6 Å². The van der Waals surface area contributed by atoms with E-state index in [0.717, 1.165) is 18.7 Å². The van der Waals surface area contributed by atoms with Crippen LogP contribution >= 0.6 is 27.0 Å². The number of non-ortho nitro benzene ring substituents is 1. The SMILES string of the molecule is CC1CN(CC(=O)OC(C)(C)C)CC(C)N1Cc1cccc([N+](=O)[O-])c1.S.S. The predicted octanol–water partition coefficient (Wildman–Crippen LogP) is 3.06. The molecule has 7 nitrogen and oxygen atoms in total. The van der Waals surface area contributed by atoms with Crippen molar-refractivity contribution in [2.45, 2.75) is 58.8 Å². The first-order chi connectivity index (χ1) is 12.0. The van der Waals surface area contributed by atoms with E-state index in [1.807, 2.05) is 26.8 Å². The molecule has 1 fully saturated rings. The van der Waals surface area contributed by atoms with E-state index in [1.54, 1.807) is 12.1 Å². The van der Waals surface area contributed by atoms with Gasteiger partial charge in [0.15, 0.2) is 0 Å².